The average molecular weight is 713 g/mol. The summed E-state index contributed by atoms with van der Waals surface area (Å²) in [6.07, 6.45) is 11.9. The molecule has 1 aliphatic heterocycles. The Morgan fingerprint density at radius 1 is 0.481 bits per heavy atom. The molecule has 7 aromatic rings. The van der Waals surface area contributed by atoms with Gasteiger partial charge in [0.05, 0.1) is 17.0 Å². The lowest BCUT2D eigenvalue weighted by molar-refractivity contribution is 0.0262. The molecular formula is C50H52N2O2. The quantitative estimate of drug-likeness (QED) is 0.0739. The highest BCUT2D eigenvalue weighted by Crippen LogP contribution is 2.57. The van der Waals surface area contributed by atoms with Crippen molar-refractivity contribution in [3.8, 4) is 22.5 Å². The van der Waals surface area contributed by atoms with Crippen molar-refractivity contribution in [2.75, 3.05) is 0 Å². The fourth-order valence-electron chi connectivity index (χ4n) is 9.04. The fraction of sp³-hybridized carbons (Fsp3) is 0.300. The number of cyclic esters (lactones) is 1. The van der Waals surface area contributed by atoms with Crippen LogP contribution in [-0.4, -0.2) is 15.1 Å². The Labute approximate surface area is 320 Å². The number of benzene rings is 5. The van der Waals surface area contributed by atoms with Gasteiger partial charge in [0.15, 0.2) is 5.60 Å². The maximum absolute atomic E-state index is 14.5. The highest BCUT2D eigenvalue weighted by atomic mass is 16.6. The second-order valence-corrected chi connectivity index (χ2v) is 15.0. The number of esters is 1. The molecule has 0 saturated carbocycles. The van der Waals surface area contributed by atoms with Crippen molar-refractivity contribution in [2.24, 2.45) is 0 Å². The largest absolute Gasteiger partial charge is 0.440 e. The number of aromatic nitrogens is 2. The number of hydrogen-bond donors (Lipinski definition) is 0. The van der Waals surface area contributed by atoms with Crippen LogP contribution in [0.3, 0.4) is 0 Å². The lowest BCUT2D eigenvalue weighted by Gasteiger charge is -2.32. The molecule has 8 rings (SSSR count). The van der Waals surface area contributed by atoms with Gasteiger partial charge in [-0.2, -0.15) is 0 Å². The third kappa shape index (κ3) is 6.26. The summed E-state index contributed by atoms with van der Waals surface area (Å²) in [6, 6.07) is 47.3. The van der Waals surface area contributed by atoms with Gasteiger partial charge in [0.1, 0.15) is 0 Å². The van der Waals surface area contributed by atoms with Gasteiger partial charge in [0.25, 0.3) is 0 Å². The highest BCUT2D eigenvalue weighted by Gasteiger charge is 2.54. The van der Waals surface area contributed by atoms with Gasteiger partial charge in [-0.3, -0.25) is 0 Å². The highest BCUT2D eigenvalue weighted by molar-refractivity contribution is 6.05. The molecule has 0 spiro atoms. The number of para-hydroxylation sites is 2. The van der Waals surface area contributed by atoms with Crippen molar-refractivity contribution in [3.05, 3.63) is 156 Å². The van der Waals surface area contributed by atoms with E-state index in [9.17, 15) is 4.79 Å². The van der Waals surface area contributed by atoms with E-state index in [2.05, 4.69) is 144 Å². The molecule has 3 heterocycles. The van der Waals surface area contributed by atoms with Gasteiger partial charge in [0, 0.05) is 51.6 Å². The number of carbonyl (C=O) groups is 1. The summed E-state index contributed by atoms with van der Waals surface area (Å²) in [5, 5.41) is 2.23. The van der Waals surface area contributed by atoms with Gasteiger partial charge in [-0.15, -0.1) is 0 Å². The van der Waals surface area contributed by atoms with E-state index in [-0.39, 0.29) is 5.97 Å². The van der Waals surface area contributed by atoms with E-state index in [1.807, 2.05) is 12.1 Å². The van der Waals surface area contributed by atoms with Crippen LogP contribution in [0.5, 0.6) is 0 Å². The number of ether oxygens (including phenoxy) is 1. The van der Waals surface area contributed by atoms with Crippen molar-refractivity contribution in [1.29, 1.82) is 0 Å². The van der Waals surface area contributed by atoms with E-state index < -0.39 is 5.60 Å². The van der Waals surface area contributed by atoms with Crippen LogP contribution in [0, 0.1) is 0 Å². The maximum Gasteiger partial charge on any atom is 0.340 e. The summed E-state index contributed by atoms with van der Waals surface area (Å²) in [6.45, 7) is 6.30. The second kappa shape index (κ2) is 15.9. The zero-order valence-electron chi connectivity index (χ0n) is 31.9. The van der Waals surface area contributed by atoms with Crippen LogP contribution in [0.4, 0.5) is 0 Å². The first-order valence-corrected chi connectivity index (χ1v) is 20.4. The fourth-order valence-corrected chi connectivity index (χ4v) is 9.04. The van der Waals surface area contributed by atoms with Crippen LogP contribution in [0.15, 0.2) is 133 Å². The minimum absolute atomic E-state index is 0.281. The lowest BCUT2D eigenvalue weighted by Crippen LogP contribution is -2.31. The monoisotopic (exact) mass is 712 g/mol. The zero-order valence-corrected chi connectivity index (χ0v) is 31.9. The molecule has 0 amide bonds. The minimum atomic E-state index is -1.23. The van der Waals surface area contributed by atoms with Crippen LogP contribution >= 0.6 is 0 Å². The van der Waals surface area contributed by atoms with E-state index in [0.29, 0.717) is 5.56 Å². The molecule has 0 N–H and O–H groups in total. The zero-order chi connectivity index (χ0) is 36.9. The number of carbonyl (C=O) groups excluding carboxylic acids is 1. The normalized spacial score (nSPS) is 13.5. The van der Waals surface area contributed by atoms with Gasteiger partial charge >= 0.3 is 5.97 Å². The molecular weight excluding hydrogens is 661 g/mol. The van der Waals surface area contributed by atoms with Crippen LogP contribution in [0.25, 0.3) is 44.3 Å². The number of nitrogens with zero attached hydrogens (tertiary/aromatic N) is 2. The molecule has 5 aromatic carbocycles. The van der Waals surface area contributed by atoms with Crippen LogP contribution in [0.1, 0.15) is 105 Å². The molecule has 2 aromatic heterocycles. The lowest BCUT2D eigenvalue weighted by atomic mass is 9.75. The van der Waals surface area contributed by atoms with E-state index >= 15 is 0 Å². The Morgan fingerprint density at radius 3 is 1.41 bits per heavy atom. The van der Waals surface area contributed by atoms with E-state index in [4.69, 9.17) is 4.74 Å². The van der Waals surface area contributed by atoms with E-state index in [1.54, 1.807) is 0 Å². The van der Waals surface area contributed by atoms with E-state index in [0.717, 1.165) is 75.9 Å². The number of fused-ring (bicyclic) bond motifs is 3. The first-order valence-electron chi connectivity index (χ1n) is 20.4. The Hall–Kier alpha value is -5.35. The predicted octanol–water partition coefficient (Wildman–Crippen LogP) is 13.3. The molecule has 0 unspecified atom stereocenters. The van der Waals surface area contributed by atoms with Crippen molar-refractivity contribution >= 4 is 27.8 Å². The number of aryl methyl sites for hydroxylation is 2. The summed E-state index contributed by atoms with van der Waals surface area (Å²) < 4.78 is 12.3. The molecule has 54 heavy (non-hydrogen) atoms. The maximum atomic E-state index is 14.5. The Morgan fingerprint density at radius 2 is 0.907 bits per heavy atom. The predicted molar refractivity (Wildman–Crippen MR) is 224 cm³/mol. The van der Waals surface area contributed by atoms with Gasteiger partial charge < -0.3 is 13.9 Å². The van der Waals surface area contributed by atoms with Crippen molar-refractivity contribution in [1.82, 2.24) is 9.13 Å². The topological polar surface area (TPSA) is 36.2 Å². The molecule has 0 aliphatic carbocycles. The number of hydrogen-bond acceptors (Lipinski definition) is 2. The first kappa shape index (κ1) is 35.7. The Bertz CT molecular complexity index is 2230. The molecule has 0 saturated heterocycles. The smallest absolute Gasteiger partial charge is 0.340 e. The molecule has 274 valence electrons. The summed E-state index contributed by atoms with van der Waals surface area (Å²) in [5.41, 5.74) is 9.20. The molecule has 0 fully saturated rings. The second-order valence-electron chi connectivity index (χ2n) is 15.0. The number of rotatable bonds is 16. The van der Waals surface area contributed by atoms with Crippen molar-refractivity contribution < 1.29 is 9.53 Å². The standard InChI is InChI=1S/C50H52N2O2/c1-3-5-7-9-23-35-51-43-33-21-18-30-40(43)45(47(51)37-25-13-11-14-26-37)50(42-32-20-17-29-39(42)49(53)54-50)46-41-31-19-22-34-44(41)52(36-24-10-8-6-4-2)48(46)38-27-15-12-16-28-38/h11-22,25-34H,3-10,23-24,35-36H2,1-2H3. The molecule has 4 nitrogen and oxygen atoms in total. The van der Waals surface area contributed by atoms with Gasteiger partial charge in [0.2, 0.25) is 0 Å². The summed E-state index contributed by atoms with van der Waals surface area (Å²) in [5.74, 6) is -0.281. The van der Waals surface area contributed by atoms with Crippen molar-refractivity contribution in [3.63, 3.8) is 0 Å². The molecule has 0 bridgehead atoms. The third-order valence-electron chi connectivity index (χ3n) is 11.5. The summed E-state index contributed by atoms with van der Waals surface area (Å²) >= 11 is 0. The Kier molecular flexibility index (Phi) is 10.5. The van der Waals surface area contributed by atoms with Crippen molar-refractivity contribution in [2.45, 2.75) is 96.7 Å². The average Bonchev–Trinajstić information content (AvgIpc) is 3.84. The van der Waals surface area contributed by atoms with Gasteiger partial charge in [-0.05, 0) is 42.2 Å². The summed E-state index contributed by atoms with van der Waals surface area (Å²) in [7, 11) is 0. The molecule has 4 heteroatoms. The number of unbranched alkanes of at least 4 members (excludes halogenated alkanes) is 8. The first-order chi connectivity index (χ1) is 26.7. The van der Waals surface area contributed by atoms with Crippen LogP contribution in [-0.2, 0) is 23.4 Å². The molecule has 0 radical (unpaired) electrons. The molecule has 0 atom stereocenters. The van der Waals surface area contributed by atoms with Crippen LogP contribution < -0.4 is 0 Å². The summed E-state index contributed by atoms with van der Waals surface area (Å²) in [4.78, 5) is 14.5. The van der Waals surface area contributed by atoms with Gasteiger partial charge in [-0.25, -0.2) is 4.79 Å². The SMILES string of the molecule is CCCCCCCn1c(-c2ccccc2)c(C2(c3c(-c4ccccc4)n(CCCCCCC)c4ccccc34)OC(=O)c3ccccc32)c2ccccc21. The third-order valence-corrected chi connectivity index (χ3v) is 11.5. The minimum Gasteiger partial charge on any atom is -0.440 e. The Balaban J connectivity index is 1.50. The van der Waals surface area contributed by atoms with E-state index in [1.165, 1.54) is 62.4 Å². The van der Waals surface area contributed by atoms with Gasteiger partial charge in [-0.1, -0.05) is 180 Å². The van der Waals surface area contributed by atoms with Crippen LogP contribution in [0.2, 0.25) is 0 Å². The molecule has 1 aliphatic rings.